The highest BCUT2D eigenvalue weighted by Crippen LogP contribution is 2.42. The highest BCUT2D eigenvalue weighted by Gasteiger charge is 2.24. The number of rotatable bonds is 9. The molecule has 39 heavy (non-hydrogen) atoms. The number of piperidine rings is 1. The van der Waals surface area contributed by atoms with E-state index in [0.717, 1.165) is 67.7 Å². The van der Waals surface area contributed by atoms with Crippen molar-refractivity contribution in [1.29, 1.82) is 0 Å². The van der Waals surface area contributed by atoms with Crippen LogP contribution in [0.3, 0.4) is 0 Å². The summed E-state index contributed by atoms with van der Waals surface area (Å²) in [4.78, 5) is 14.7. The number of nitrogens with one attached hydrogen (secondary N) is 1. The molecule has 7 nitrogen and oxygen atoms in total. The Bertz CT molecular complexity index is 1210. The van der Waals surface area contributed by atoms with Crippen molar-refractivity contribution in [2.75, 3.05) is 63.3 Å². The fourth-order valence-electron chi connectivity index (χ4n) is 6.74. The van der Waals surface area contributed by atoms with Gasteiger partial charge in [0.2, 0.25) is 5.95 Å². The van der Waals surface area contributed by atoms with Gasteiger partial charge in [-0.2, -0.15) is 0 Å². The third-order valence-corrected chi connectivity index (χ3v) is 9.03. The van der Waals surface area contributed by atoms with E-state index in [2.05, 4.69) is 56.5 Å². The third-order valence-electron chi connectivity index (χ3n) is 9.03. The molecule has 1 aliphatic carbocycles. The van der Waals surface area contributed by atoms with Gasteiger partial charge in [0.15, 0.2) is 0 Å². The highest BCUT2D eigenvalue weighted by atomic mass is 16.5. The number of fused-ring (bicyclic) bond motifs is 1. The Labute approximate surface area is 232 Å². The summed E-state index contributed by atoms with van der Waals surface area (Å²) >= 11 is 0. The first kappa shape index (κ1) is 26.3. The summed E-state index contributed by atoms with van der Waals surface area (Å²) in [7, 11) is 1.76. The first-order chi connectivity index (χ1) is 19.3. The smallest absolute Gasteiger partial charge is 0.227 e. The molecule has 3 aliphatic rings. The maximum absolute atomic E-state index is 5.75. The SMILES string of the molecule is COc1ccc2cnc(Nc3ccc(N4CCC(CCCN5CCOCC5)CC4)cc3)nc2c1C1CCCC1. The summed E-state index contributed by atoms with van der Waals surface area (Å²) in [6.45, 7) is 7.54. The van der Waals surface area contributed by atoms with Gasteiger partial charge in [-0.3, -0.25) is 4.90 Å². The summed E-state index contributed by atoms with van der Waals surface area (Å²) in [5.41, 5.74) is 4.59. The van der Waals surface area contributed by atoms with Gasteiger partial charge in [0.05, 0.1) is 25.8 Å². The van der Waals surface area contributed by atoms with Crippen molar-refractivity contribution >= 4 is 28.2 Å². The number of morpholine rings is 1. The number of hydrogen-bond donors (Lipinski definition) is 1. The van der Waals surface area contributed by atoms with E-state index in [0.29, 0.717) is 11.9 Å². The van der Waals surface area contributed by atoms with Gasteiger partial charge in [0.1, 0.15) is 5.75 Å². The van der Waals surface area contributed by atoms with Gasteiger partial charge < -0.3 is 19.7 Å². The van der Waals surface area contributed by atoms with Crippen LogP contribution < -0.4 is 15.0 Å². The standard InChI is InChI=1S/C32H43N5O2/c1-38-29-13-8-26-23-33-32(35-31(26)30(29)25-6-2-3-7-25)34-27-9-11-28(12-10-27)37-17-14-24(15-18-37)5-4-16-36-19-21-39-22-20-36/h8-13,23-25H,2-7,14-22H2,1H3,(H,33,34,35). The minimum absolute atomic E-state index is 0.514. The largest absolute Gasteiger partial charge is 0.496 e. The number of aromatic nitrogens is 2. The lowest BCUT2D eigenvalue weighted by Gasteiger charge is -2.34. The number of hydrogen-bond acceptors (Lipinski definition) is 7. The number of benzene rings is 2. The Kier molecular flexibility index (Phi) is 8.45. The Morgan fingerprint density at radius 1 is 0.949 bits per heavy atom. The predicted octanol–water partition coefficient (Wildman–Crippen LogP) is 6.37. The van der Waals surface area contributed by atoms with Crippen LogP contribution in [0.2, 0.25) is 0 Å². The van der Waals surface area contributed by atoms with Crippen molar-refractivity contribution in [3.63, 3.8) is 0 Å². The van der Waals surface area contributed by atoms with Crippen LogP contribution in [-0.2, 0) is 4.74 Å². The van der Waals surface area contributed by atoms with E-state index in [1.165, 1.54) is 69.2 Å². The van der Waals surface area contributed by atoms with Crippen LogP contribution in [0.4, 0.5) is 17.3 Å². The molecule has 1 saturated carbocycles. The average Bonchev–Trinajstić information content (AvgIpc) is 3.52. The van der Waals surface area contributed by atoms with Crippen molar-refractivity contribution in [2.24, 2.45) is 5.92 Å². The Morgan fingerprint density at radius 2 is 1.72 bits per heavy atom. The average molecular weight is 530 g/mol. The second-order valence-electron chi connectivity index (χ2n) is 11.5. The van der Waals surface area contributed by atoms with Crippen LogP contribution in [0.15, 0.2) is 42.6 Å². The Morgan fingerprint density at radius 3 is 2.46 bits per heavy atom. The van der Waals surface area contributed by atoms with Gasteiger partial charge >= 0.3 is 0 Å². The van der Waals surface area contributed by atoms with E-state index in [1.54, 1.807) is 7.11 Å². The molecule has 3 fully saturated rings. The summed E-state index contributed by atoms with van der Waals surface area (Å²) < 4.78 is 11.2. The van der Waals surface area contributed by atoms with Crippen molar-refractivity contribution in [3.05, 3.63) is 48.2 Å². The lowest BCUT2D eigenvalue weighted by atomic mass is 9.92. The molecule has 1 N–H and O–H groups in total. The topological polar surface area (TPSA) is 62.8 Å². The zero-order chi connectivity index (χ0) is 26.4. The molecule has 0 radical (unpaired) electrons. The molecule has 0 spiro atoms. The number of methoxy groups -OCH3 is 1. The van der Waals surface area contributed by atoms with Crippen molar-refractivity contribution in [3.8, 4) is 5.75 Å². The maximum Gasteiger partial charge on any atom is 0.227 e. The van der Waals surface area contributed by atoms with E-state index in [1.807, 2.05) is 6.20 Å². The van der Waals surface area contributed by atoms with Gasteiger partial charge in [0.25, 0.3) is 0 Å². The number of nitrogens with zero attached hydrogens (tertiary/aromatic N) is 4. The van der Waals surface area contributed by atoms with Crippen LogP contribution in [0.1, 0.15) is 62.8 Å². The molecule has 0 amide bonds. The second-order valence-corrected chi connectivity index (χ2v) is 11.5. The number of anilines is 3. The molecule has 6 rings (SSSR count). The van der Waals surface area contributed by atoms with Gasteiger partial charge in [-0.1, -0.05) is 12.8 Å². The first-order valence-corrected chi connectivity index (χ1v) is 15.0. The summed E-state index contributed by atoms with van der Waals surface area (Å²) in [6.07, 6.45) is 12.2. The minimum Gasteiger partial charge on any atom is -0.496 e. The molecule has 3 aromatic rings. The van der Waals surface area contributed by atoms with E-state index in [4.69, 9.17) is 14.5 Å². The molecule has 1 aromatic heterocycles. The Hall–Kier alpha value is -2.90. The van der Waals surface area contributed by atoms with Crippen LogP contribution in [0.25, 0.3) is 10.9 Å². The van der Waals surface area contributed by atoms with E-state index in [9.17, 15) is 0 Å². The van der Waals surface area contributed by atoms with Crippen molar-refractivity contribution in [2.45, 2.75) is 57.3 Å². The zero-order valence-electron chi connectivity index (χ0n) is 23.4. The third kappa shape index (κ3) is 6.30. The zero-order valence-corrected chi connectivity index (χ0v) is 23.4. The molecule has 7 heteroatoms. The molecule has 0 bridgehead atoms. The van der Waals surface area contributed by atoms with Crippen LogP contribution in [-0.4, -0.2) is 67.9 Å². The molecule has 0 unspecified atom stereocenters. The second kappa shape index (κ2) is 12.5. The summed E-state index contributed by atoms with van der Waals surface area (Å²) in [5.74, 6) is 2.96. The fourth-order valence-corrected chi connectivity index (χ4v) is 6.74. The van der Waals surface area contributed by atoms with Crippen molar-refractivity contribution in [1.82, 2.24) is 14.9 Å². The quantitative estimate of drug-likeness (QED) is 0.346. The Balaban J connectivity index is 1.05. The fraction of sp³-hybridized carbons (Fsp3) is 0.562. The van der Waals surface area contributed by atoms with Crippen LogP contribution in [0, 0.1) is 5.92 Å². The van der Waals surface area contributed by atoms with Gasteiger partial charge in [-0.15, -0.1) is 0 Å². The molecular formula is C32H43N5O2. The monoisotopic (exact) mass is 529 g/mol. The van der Waals surface area contributed by atoms with Crippen LogP contribution in [0.5, 0.6) is 5.75 Å². The molecule has 2 saturated heterocycles. The molecule has 2 aromatic carbocycles. The minimum atomic E-state index is 0.514. The lowest BCUT2D eigenvalue weighted by molar-refractivity contribution is 0.0365. The van der Waals surface area contributed by atoms with E-state index < -0.39 is 0 Å². The highest BCUT2D eigenvalue weighted by molar-refractivity contribution is 5.85. The van der Waals surface area contributed by atoms with E-state index >= 15 is 0 Å². The van der Waals surface area contributed by atoms with Gasteiger partial charge in [-0.05, 0) is 93.3 Å². The summed E-state index contributed by atoms with van der Waals surface area (Å²) in [6, 6.07) is 12.9. The van der Waals surface area contributed by atoms with Crippen molar-refractivity contribution < 1.29 is 9.47 Å². The lowest BCUT2D eigenvalue weighted by Crippen LogP contribution is -2.37. The van der Waals surface area contributed by atoms with E-state index in [-0.39, 0.29) is 0 Å². The number of ether oxygens (including phenoxy) is 2. The van der Waals surface area contributed by atoms with Crippen LogP contribution >= 0.6 is 0 Å². The molecule has 2 aliphatic heterocycles. The molecular weight excluding hydrogens is 486 g/mol. The normalized spacial score (nSPS) is 19.6. The summed E-state index contributed by atoms with van der Waals surface area (Å²) in [5, 5.41) is 4.52. The predicted molar refractivity (Wildman–Crippen MR) is 158 cm³/mol. The maximum atomic E-state index is 5.75. The first-order valence-electron chi connectivity index (χ1n) is 15.0. The molecule has 208 valence electrons. The molecule has 3 heterocycles. The van der Waals surface area contributed by atoms with Gasteiger partial charge in [-0.25, -0.2) is 9.97 Å². The van der Waals surface area contributed by atoms with Gasteiger partial charge in [0, 0.05) is 54.7 Å². The molecule has 0 atom stereocenters.